The van der Waals surface area contributed by atoms with Gasteiger partial charge in [0.2, 0.25) is 6.36 Å². The summed E-state index contributed by atoms with van der Waals surface area (Å²) in [6.07, 6.45) is -0.355. The zero-order valence-corrected chi connectivity index (χ0v) is 8.68. The molecule has 1 aromatic carbocycles. The lowest BCUT2D eigenvalue weighted by Crippen LogP contribution is -2.02. The summed E-state index contributed by atoms with van der Waals surface area (Å²) in [5.41, 5.74) is 1.12. The quantitative estimate of drug-likeness (QED) is 0.823. The molecule has 0 radical (unpaired) electrons. The van der Waals surface area contributed by atoms with Gasteiger partial charge in [-0.25, -0.2) is 4.39 Å². The predicted molar refractivity (Wildman–Crippen MR) is 56.2 cm³/mol. The van der Waals surface area contributed by atoms with Gasteiger partial charge in [-0.15, -0.1) is 0 Å². The second kappa shape index (κ2) is 3.62. The molecule has 1 aromatic heterocycles. The predicted octanol–water partition coefficient (Wildman–Crippen LogP) is 2.58. The highest BCUT2D eigenvalue weighted by Crippen LogP contribution is 2.26. The number of hydrogen-bond donors (Lipinski definition) is 1. The molecule has 1 heterocycles. The molecule has 15 heavy (non-hydrogen) atoms. The molecule has 0 saturated carbocycles. The summed E-state index contributed by atoms with van der Waals surface area (Å²) in [7, 11) is 0. The van der Waals surface area contributed by atoms with Crippen molar-refractivity contribution in [3.63, 3.8) is 0 Å². The Hall–Kier alpha value is -1.42. The molecule has 1 N–H and O–H groups in total. The molecule has 0 bridgehead atoms. The minimum atomic E-state index is -1.95. The molecule has 80 valence electrons. The van der Waals surface area contributed by atoms with Crippen LogP contribution in [-0.2, 0) is 0 Å². The summed E-state index contributed by atoms with van der Waals surface area (Å²) >= 11 is 0. The van der Waals surface area contributed by atoms with Crippen molar-refractivity contribution >= 4 is 10.9 Å². The first-order valence-electron chi connectivity index (χ1n) is 4.89. The molecule has 0 spiro atoms. The van der Waals surface area contributed by atoms with E-state index in [9.17, 15) is 4.39 Å². The van der Waals surface area contributed by atoms with Crippen LogP contribution >= 0.6 is 0 Å². The Kier molecular flexibility index (Phi) is 2.44. The Balaban J connectivity index is 2.69. The number of halogens is 1. The molecule has 0 aliphatic rings. The van der Waals surface area contributed by atoms with Gasteiger partial charge >= 0.3 is 0 Å². The Bertz CT molecular complexity index is 476. The highest BCUT2D eigenvalue weighted by molar-refractivity contribution is 5.82. The largest absolute Gasteiger partial charge is 0.360 e. The number of aliphatic hydroxyl groups is 1. The summed E-state index contributed by atoms with van der Waals surface area (Å²) in [6.45, 7) is 4.01. The van der Waals surface area contributed by atoms with Gasteiger partial charge in [0.15, 0.2) is 0 Å². The molecule has 0 aliphatic heterocycles. The molecule has 2 aromatic rings. The third kappa shape index (κ3) is 1.61. The molecule has 0 aliphatic carbocycles. The van der Waals surface area contributed by atoms with Crippen LogP contribution in [0.3, 0.4) is 0 Å². The number of nitrogens with zero attached hydrogens (tertiary/aromatic N) is 2. The van der Waals surface area contributed by atoms with Gasteiger partial charge in [-0.1, -0.05) is 12.1 Å². The standard InChI is InChI=1S/C11H13FN2O/c1-7(2)14-10-5-3-4-8(11(12)15)9(10)6-13-14/h3-7,11,15H,1-2H3. The number of hydrogen-bond acceptors (Lipinski definition) is 2. The van der Waals surface area contributed by atoms with E-state index in [-0.39, 0.29) is 11.6 Å². The summed E-state index contributed by atoms with van der Waals surface area (Å²) in [5.74, 6) is 0. The van der Waals surface area contributed by atoms with Gasteiger partial charge in [0, 0.05) is 17.0 Å². The van der Waals surface area contributed by atoms with Crippen LogP contribution in [0.2, 0.25) is 0 Å². The lowest BCUT2D eigenvalue weighted by atomic mass is 10.1. The summed E-state index contributed by atoms with van der Waals surface area (Å²) in [5, 5.41) is 13.8. The van der Waals surface area contributed by atoms with Gasteiger partial charge in [0.1, 0.15) is 0 Å². The first-order chi connectivity index (χ1) is 7.11. The van der Waals surface area contributed by atoms with E-state index in [1.807, 2.05) is 19.9 Å². The van der Waals surface area contributed by atoms with Gasteiger partial charge in [-0.3, -0.25) is 4.68 Å². The Morgan fingerprint density at radius 3 is 2.73 bits per heavy atom. The Morgan fingerprint density at radius 1 is 1.40 bits per heavy atom. The Labute approximate surface area is 87.1 Å². The first kappa shape index (κ1) is 10.1. The zero-order valence-electron chi connectivity index (χ0n) is 8.68. The fraction of sp³-hybridized carbons (Fsp3) is 0.364. The van der Waals surface area contributed by atoms with E-state index in [4.69, 9.17) is 5.11 Å². The molecular weight excluding hydrogens is 195 g/mol. The van der Waals surface area contributed by atoms with Crippen LogP contribution in [-0.4, -0.2) is 14.9 Å². The number of benzene rings is 1. The molecule has 0 saturated heterocycles. The maximum atomic E-state index is 12.9. The SMILES string of the molecule is CC(C)n1ncc2c(C(O)F)cccc21. The topological polar surface area (TPSA) is 38.0 Å². The number of alkyl halides is 1. The van der Waals surface area contributed by atoms with E-state index in [0.29, 0.717) is 5.39 Å². The van der Waals surface area contributed by atoms with Crippen LogP contribution in [0.4, 0.5) is 4.39 Å². The van der Waals surface area contributed by atoms with Crippen LogP contribution in [0.15, 0.2) is 24.4 Å². The minimum absolute atomic E-state index is 0.217. The normalized spacial score (nSPS) is 13.7. The highest BCUT2D eigenvalue weighted by Gasteiger charge is 2.13. The highest BCUT2D eigenvalue weighted by atomic mass is 19.1. The van der Waals surface area contributed by atoms with E-state index >= 15 is 0 Å². The number of aromatic nitrogens is 2. The number of rotatable bonds is 2. The van der Waals surface area contributed by atoms with E-state index < -0.39 is 6.36 Å². The van der Waals surface area contributed by atoms with Crippen molar-refractivity contribution in [3.05, 3.63) is 30.0 Å². The fourth-order valence-electron chi connectivity index (χ4n) is 1.71. The Morgan fingerprint density at radius 2 is 2.13 bits per heavy atom. The summed E-state index contributed by atoms with van der Waals surface area (Å²) < 4.78 is 14.7. The molecule has 1 unspecified atom stereocenters. The van der Waals surface area contributed by atoms with Crippen molar-refractivity contribution in [1.82, 2.24) is 9.78 Å². The first-order valence-corrected chi connectivity index (χ1v) is 4.89. The van der Waals surface area contributed by atoms with Crippen LogP contribution in [0.1, 0.15) is 31.8 Å². The van der Waals surface area contributed by atoms with Crippen LogP contribution in [0.25, 0.3) is 10.9 Å². The number of fused-ring (bicyclic) bond motifs is 1. The summed E-state index contributed by atoms with van der Waals surface area (Å²) in [4.78, 5) is 0. The van der Waals surface area contributed by atoms with Crippen LogP contribution in [0, 0.1) is 0 Å². The molecular formula is C11H13FN2O. The second-order valence-electron chi connectivity index (χ2n) is 3.80. The second-order valence-corrected chi connectivity index (χ2v) is 3.80. The fourth-order valence-corrected chi connectivity index (χ4v) is 1.71. The third-order valence-electron chi connectivity index (χ3n) is 2.42. The van der Waals surface area contributed by atoms with E-state index in [1.54, 1.807) is 23.0 Å². The molecule has 1 atom stereocenters. The summed E-state index contributed by atoms with van der Waals surface area (Å²) in [6, 6.07) is 5.38. The zero-order chi connectivity index (χ0) is 11.0. The molecule has 0 fully saturated rings. The van der Waals surface area contributed by atoms with Gasteiger partial charge < -0.3 is 5.11 Å². The van der Waals surface area contributed by atoms with Crippen molar-refractivity contribution < 1.29 is 9.50 Å². The van der Waals surface area contributed by atoms with E-state index in [1.165, 1.54) is 0 Å². The molecule has 0 amide bonds. The van der Waals surface area contributed by atoms with Crippen molar-refractivity contribution in [1.29, 1.82) is 0 Å². The maximum absolute atomic E-state index is 12.9. The monoisotopic (exact) mass is 208 g/mol. The average Bonchev–Trinajstić information content (AvgIpc) is 2.59. The average molecular weight is 208 g/mol. The third-order valence-corrected chi connectivity index (χ3v) is 2.42. The van der Waals surface area contributed by atoms with E-state index in [2.05, 4.69) is 5.10 Å². The smallest absolute Gasteiger partial charge is 0.223 e. The van der Waals surface area contributed by atoms with Crippen molar-refractivity contribution in [2.45, 2.75) is 26.2 Å². The van der Waals surface area contributed by atoms with Gasteiger partial charge in [-0.05, 0) is 19.9 Å². The van der Waals surface area contributed by atoms with Gasteiger partial charge in [-0.2, -0.15) is 5.10 Å². The minimum Gasteiger partial charge on any atom is -0.360 e. The lowest BCUT2D eigenvalue weighted by molar-refractivity contribution is 0.0425. The van der Waals surface area contributed by atoms with Crippen molar-refractivity contribution in [3.8, 4) is 0 Å². The molecule has 2 rings (SSSR count). The molecule has 3 nitrogen and oxygen atoms in total. The van der Waals surface area contributed by atoms with Crippen LogP contribution in [0.5, 0.6) is 0 Å². The van der Waals surface area contributed by atoms with Crippen molar-refractivity contribution in [2.24, 2.45) is 0 Å². The van der Waals surface area contributed by atoms with Gasteiger partial charge in [0.25, 0.3) is 0 Å². The van der Waals surface area contributed by atoms with Crippen molar-refractivity contribution in [2.75, 3.05) is 0 Å². The maximum Gasteiger partial charge on any atom is 0.223 e. The van der Waals surface area contributed by atoms with Gasteiger partial charge in [0.05, 0.1) is 11.7 Å². The lowest BCUT2D eigenvalue weighted by Gasteiger charge is -2.08. The van der Waals surface area contributed by atoms with Crippen LogP contribution < -0.4 is 0 Å². The number of aliphatic hydroxyl groups excluding tert-OH is 1. The molecule has 4 heteroatoms. The van der Waals surface area contributed by atoms with E-state index in [0.717, 1.165) is 5.52 Å².